The van der Waals surface area contributed by atoms with Gasteiger partial charge in [0, 0.05) is 27.7 Å². The van der Waals surface area contributed by atoms with Gasteiger partial charge >= 0.3 is 0 Å². The number of aryl methyl sites for hydroxylation is 1. The molecule has 1 saturated carbocycles. The molecule has 1 heterocycles. The van der Waals surface area contributed by atoms with Crippen molar-refractivity contribution < 1.29 is 9.53 Å². The highest BCUT2D eigenvalue weighted by molar-refractivity contribution is 7.16. The number of nitrogens with one attached hydrogen (secondary N) is 1. The van der Waals surface area contributed by atoms with E-state index in [4.69, 9.17) is 27.8 Å². The van der Waals surface area contributed by atoms with Crippen molar-refractivity contribution in [2.75, 3.05) is 6.61 Å². The summed E-state index contributed by atoms with van der Waals surface area (Å²) in [7, 11) is 0. The Labute approximate surface area is 193 Å². The summed E-state index contributed by atoms with van der Waals surface area (Å²) >= 11 is 7.82. The van der Waals surface area contributed by atoms with Gasteiger partial charge in [0.2, 0.25) is 0 Å². The van der Waals surface area contributed by atoms with Crippen LogP contribution in [0.5, 0.6) is 5.75 Å². The second kappa shape index (κ2) is 10.3. The van der Waals surface area contributed by atoms with E-state index >= 15 is 0 Å². The fourth-order valence-electron chi connectivity index (χ4n) is 4.38. The molecular weight excluding hydrogens is 428 g/mol. The number of nitrogens with zero attached hydrogens (tertiary/aromatic N) is 1. The Kier molecular flexibility index (Phi) is 7.32. The molecule has 0 saturated heterocycles. The predicted molar refractivity (Wildman–Crippen MR) is 128 cm³/mol. The number of ether oxygens (including phenoxy) is 1. The van der Waals surface area contributed by atoms with E-state index in [0.717, 1.165) is 48.2 Å². The molecule has 1 N–H and O–H groups in total. The molecule has 0 aliphatic heterocycles. The lowest BCUT2D eigenvalue weighted by atomic mass is 9.93. The van der Waals surface area contributed by atoms with Crippen molar-refractivity contribution >= 4 is 40.1 Å². The summed E-state index contributed by atoms with van der Waals surface area (Å²) in [6.07, 6.45) is 17.1. The summed E-state index contributed by atoms with van der Waals surface area (Å²) in [6.45, 7) is 0.171. The number of amides is 1. The van der Waals surface area contributed by atoms with Crippen LogP contribution in [0.2, 0.25) is 5.02 Å². The van der Waals surface area contributed by atoms with Gasteiger partial charge in [0.25, 0.3) is 5.91 Å². The maximum atomic E-state index is 13.3. The van der Waals surface area contributed by atoms with Crippen LogP contribution in [0.4, 0.5) is 5.00 Å². The summed E-state index contributed by atoms with van der Waals surface area (Å²) in [5.41, 5.74) is 2.69. The molecule has 1 amide bonds. The largest absolute Gasteiger partial charge is 0.480 e. The molecule has 0 bridgehead atoms. The average Bonchev–Trinajstić information content (AvgIpc) is 3.16. The molecular formula is C25H27ClN2O2S. The third-order valence-corrected chi connectivity index (χ3v) is 7.36. The highest BCUT2D eigenvalue weighted by Gasteiger charge is 2.27. The molecule has 0 unspecified atom stereocenters. The van der Waals surface area contributed by atoms with E-state index in [-0.39, 0.29) is 18.6 Å². The third kappa shape index (κ3) is 5.31. The number of hydrogen-bond donors (Lipinski definition) is 1. The van der Waals surface area contributed by atoms with Gasteiger partial charge in [-0.25, -0.2) is 4.99 Å². The SMILES string of the molecule is C#CCOc1ccc(Cl)cc1C=Nc1sc2c(c1C(=O)NC1CCCCC1)CCCC2. The average molecular weight is 455 g/mol. The van der Waals surface area contributed by atoms with E-state index in [1.54, 1.807) is 35.8 Å². The highest BCUT2D eigenvalue weighted by atomic mass is 35.5. The van der Waals surface area contributed by atoms with Gasteiger partial charge in [0.05, 0.1) is 5.56 Å². The lowest BCUT2D eigenvalue weighted by molar-refractivity contribution is 0.0927. The van der Waals surface area contributed by atoms with Crippen molar-refractivity contribution in [1.29, 1.82) is 0 Å². The first kappa shape index (κ1) is 21.9. The van der Waals surface area contributed by atoms with Gasteiger partial charge in [-0.15, -0.1) is 17.8 Å². The number of hydrogen-bond acceptors (Lipinski definition) is 4. The van der Waals surface area contributed by atoms with Gasteiger partial charge in [0.15, 0.2) is 0 Å². The smallest absolute Gasteiger partial charge is 0.254 e. The molecule has 1 aromatic heterocycles. The number of carbonyl (C=O) groups is 1. The molecule has 6 heteroatoms. The Morgan fingerprint density at radius 2 is 2.06 bits per heavy atom. The van der Waals surface area contributed by atoms with Gasteiger partial charge in [0.1, 0.15) is 17.4 Å². The number of carbonyl (C=O) groups excluding carboxylic acids is 1. The molecule has 0 spiro atoms. The van der Waals surface area contributed by atoms with Crippen LogP contribution in [0.3, 0.4) is 0 Å². The Balaban J connectivity index is 1.64. The van der Waals surface area contributed by atoms with E-state index in [0.29, 0.717) is 10.8 Å². The van der Waals surface area contributed by atoms with Crippen molar-refractivity contribution in [1.82, 2.24) is 5.32 Å². The van der Waals surface area contributed by atoms with Crippen molar-refractivity contribution in [3.05, 3.63) is 44.8 Å². The molecule has 162 valence electrons. The van der Waals surface area contributed by atoms with E-state index in [9.17, 15) is 4.79 Å². The molecule has 0 radical (unpaired) electrons. The number of fused-ring (bicyclic) bond motifs is 1. The summed E-state index contributed by atoms with van der Waals surface area (Å²) in [6, 6.07) is 5.62. The molecule has 2 aliphatic carbocycles. The Hall–Kier alpha value is -2.29. The van der Waals surface area contributed by atoms with Crippen LogP contribution in [-0.4, -0.2) is 24.8 Å². The quantitative estimate of drug-likeness (QED) is 0.423. The van der Waals surface area contributed by atoms with Gasteiger partial charge in [-0.05, 0) is 62.3 Å². The van der Waals surface area contributed by atoms with E-state index in [2.05, 4.69) is 11.2 Å². The Morgan fingerprint density at radius 1 is 1.26 bits per heavy atom. The zero-order valence-corrected chi connectivity index (χ0v) is 19.2. The van der Waals surface area contributed by atoms with Crippen LogP contribution in [0.1, 0.15) is 71.3 Å². The lowest BCUT2D eigenvalue weighted by Gasteiger charge is -2.23. The molecule has 2 aromatic rings. The van der Waals surface area contributed by atoms with E-state index in [1.807, 2.05) is 0 Å². The minimum atomic E-state index is 0.0216. The maximum Gasteiger partial charge on any atom is 0.254 e. The van der Waals surface area contributed by atoms with Gasteiger partial charge in [-0.3, -0.25) is 4.79 Å². The molecule has 2 aliphatic rings. The van der Waals surface area contributed by atoms with Crippen molar-refractivity contribution in [3.63, 3.8) is 0 Å². The number of terminal acetylenes is 1. The van der Waals surface area contributed by atoms with Crippen LogP contribution in [0, 0.1) is 12.3 Å². The van der Waals surface area contributed by atoms with Crippen molar-refractivity contribution in [2.24, 2.45) is 4.99 Å². The number of aliphatic imine (C=N–C) groups is 1. The third-order valence-electron chi connectivity index (χ3n) is 5.92. The standard InChI is InChI=1S/C25H27ClN2O2S/c1-2-14-30-21-13-12-18(26)15-17(21)16-27-25-23(20-10-6-7-11-22(20)31-25)24(29)28-19-8-4-3-5-9-19/h1,12-13,15-16,19H,3-11,14H2,(H,28,29). The summed E-state index contributed by atoms with van der Waals surface area (Å²) in [5, 5.41) is 4.64. The monoisotopic (exact) mass is 454 g/mol. The Bertz CT molecular complexity index is 1020. The number of thiophene rings is 1. The molecule has 1 aromatic carbocycles. The summed E-state index contributed by atoms with van der Waals surface area (Å²) in [4.78, 5) is 19.3. The van der Waals surface area contributed by atoms with Crippen molar-refractivity contribution in [3.8, 4) is 18.1 Å². The second-order valence-electron chi connectivity index (χ2n) is 8.13. The topological polar surface area (TPSA) is 50.7 Å². The second-order valence-corrected chi connectivity index (χ2v) is 9.65. The van der Waals surface area contributed by atoms with Crippen LogP contribution in [0.25, 0.3) is 0 Å². The molecule has 4 nitrogen and oxygen atoms in total. The van der Waals surface area contributed by atoms with E-state index in [1.165, 1.54) is 36.1 Å². The first-order valence-electron chi connectivity index (χ1n) is 11.0. The zero-order chi connectivity index (χ0) is 21.6. The molecule has 31 heavy (non-hydrogen) atoms. The fourth-order valence-corrected chi connectivity index (χ4v) is 5.79. The molecule has 1 fully saturated rings. The first-order chi connectivity index (χ1) is 15.2. The normalized spacial score (nSPS) is 16.6. The molecule has 4 rings (SSSR count). The Morgan fingerprint density at radius 3 is 2.87 bits per heavy atom. The summed E-state index contributed by atoms with van der Waals surface area (Å²) in [5.74, 6) is 3.12. The number of rotatable bonds is 6. The maximum absolute atomic E-state index is 13.3. The van der Waals surface area contributed by atoms with Crippen LogP contribution in [0.15, 0.2) is 23.2 Å². The number of halogens is 1. The highest BCUT2D eigenvalue weighted by Crippen LogP contribution is 2.40. The van der Waals surface area contributed by atoms with Crippen LogP contribution in [-0.2, 0) is 12.8 Å². The minimum absolute atomic E-state index is 0.0216. The summed E-state index contributed by atoms with van der Waals surface area (Å²) < 4.78 is 5.63. The zero-order valence-electron chi connectivity index (χ0n) is 17.6. The predicted octanol–water partition coefficient (Wildman–Crippen LogP) is 6.11. The fraction of sp³-hybridized carbons (Fsp3) is 0.440. The van der Waals surface area contributed by atoms with Crippen LogP contribution < -0.4 is 10.1 Å². The van der Waals surface area contributed by atoms with Crippen molar-refractivity contribution in [2.45, 2.75) is 63.8 Å². The van der Waals surface area contributed by atoms with Crippen LogP contribution >= 0.6 is 22.9 Å². The number of benzene rings is 1. The molecule has 0 atom stereocenters. The first-order valence-corrected chi connectivity index (χ1v) is 12.2. The van der Waals surface area contributed by atoms with Gasteiger partial charge < -0.3 is 10.1 Å². The van der Waals surface area contributed by atoms with Gasteiger partial charge in [-0.1, -0.05) is 36.8 Å². The lowest BCUT2D eigenvalue weighted by Crippen LogP contribution is -2.36. The van der Waals surface area contributed by atoms with E-state index < -0.39 is 0 Å². The van der Waals surface area contributed by atoms with Gasteiger partial charge in [-0.2, -0.15) is 0 Å². The minimum Gasteiger partial charge on any atom is -0.480 e.